The average molecular weight is 356 g/mol. The molecule has 8 atom stereocenters. The summed E-state index contributed by atoms with van der Waals surface area (Å²) in [7, 11) is 0. The first kappa shape index (κ1) is 17.7. The molecular weight excluding hydrogens is 328 g/mol. The van der Waals surface area contributed by atoms with Gasteiger partial charge in [0.05, 0.1) is 13.0 Å². The fraction of sp³-hybridized carbons (Fsp3) is 0.944. The molecule has 5 rings (SSSR count). The van der Waals surface area contributed by atoms with E-state index in [1.54, 1.807) is 0 Å². The van der Waals surface area contributed by atoms with Crippen molar-refractivity contribution in [3.63, 3.8) is 0 Å². The Labute approximate surface area is 147 Å². The normalized spacial score (nSPS) is 51.6. The Bertz CT molecular complexity index is 540. The van der Waals surface area contributed by atoms with Crippen LogP contribution in [0.3, 0.4) is 0 Å². The third-order valence-electron chi connectivity index (χ3n) is 6.70. The molecule has 5 aliphatic rings. The summed E-state index contributed by atoms with van der Waals surface area (Å²) >= 11 is 0. The van der Waals surface area contributed by atoms with E-state index in [1.165, 1.54) is 0 Å². The molecule has 5 fully saturated rings. The highest BCUT2D eigenvalue weighted by Crippen LogP contribution is 2.60. The second-order valence-electron chi connectivity index (χ2n) is 8.29. The molecule has 0 aromatic heterocycles. The highest BCUT2D eigenvalue weighted by molar-refractivity contribution is 5.66. The van der Waals surface area contributed by atoms with Crippen LogP contribution in [0.1, 0.15) is 52.9 Å². The molecule has 0 unspecified atom stereocenters. The summed E-state index contributed by atoms with van der Waals surface area (Å²) in [5.74, 6) is -0.557. The van der Waals surface area contributed by atoms with Crippen molar-refractivity contribution < 1.29 is 33.9 Å². The molecule has 1 N–H and O–H groups in total. The summed E-state index contributed by atoms with van der Waals surface area (Å²) in [6.45, 7) is 6.39. The molecule has 7 nitrogen and oxygen atoms in total. The van der Waals surface area contributed by atoms with Crippen LogP contribution in [-0.4, -0.2) is 41.7 Å². The van der Waals surface area contributed by atoms with Crippen LogP contribution in [-0.2, 0) is 28.8 Å². The van der Waals surface area contributed by atoms with Crippen molar-refractivity contribution in [3.8, 4) is 0 Å². The SMILES string of the molecule is C[C@H]1[C@@H](OCCC(=O)O)O[C@@H]2O[C@@]3(C)CC[C@H]4[C@H](C)CC[C@@H]1[C@@]24OO3. The Hall–Kier alpha value is -0.730. The summed E-state index contributed by atoms with van der Waals surface area (Å²) in [4.78, 5) is 22.6. The van der Waals surface area contributed by atoms with Crippen LogP contribution in [0, 0.1) is 23.7 Å². The summed E-state index contributed by atoms with van der Waals surface area (Å²) in [5.41, 5.74) is -0.597. The number of aliphatic carboxylic acids is 1. The summed E-state index contributed by atoms with van der Waals surface area (Å²) in [6, 6.07) is 0. The van der Waals surface area contributed by atoms with E-state index in [-0.39, 0.29) is 24.9 Å². The van der Waals surface area contributed by atoms with Gasteiger partial charge >= 0.3 is 5.97 Å². The predicted molar refractivity (Wildman–Crippen MR) is 85.0 cm³/mol. The highest BCUT2D eigenvalue weighted by Gasteiger charge is 2.69. The van der Waals surface area contributed by atoms with Gasteiger partial charge in [0.2, 0.25) is 5.79 Å². The minimum Gasteiger partial charge on any atom is -0.481 e. The maximum atomic E-state index is 10.8. The van der Waals surface area contributed by atoms with Crippen molar-refractivity contribution >= 4 is 5.97 Å². The largest absolute Gasteiger partial charge is 0.481 e. The zero-order valence-electron chi connectivity index (χ0n) is 15.1. The lowest BCUT2D eigenvalue weighted by Crippen LogP contribution is -2.70. The molecule has 0 amide bonds. The molecule has 1 aliphatic carbocycles. The minimum atomic E-state index is -0.875. The summed E-state index contributed by atoms with van der Waals surface area (Å²) in [5, 5.41) is 8.84. The number of carboxylic acids is 1. The Kier molecular flexibility index (Phi) is 4.36. The minimum absolute atomic E-state index is 0.0368. The van der Waals surface area contributed by atoms with Gasteiger partial charge in [-0.3, -0.25) is 4.79 Å². The zero-order valence-corrected chi connectivity index (χ0v) is 15.1. The topological polar surface area (TPSA) is 83.5 Å². The van der Waals surface area contributed by atoms with Crippen LogP contribution in [0.2, 0.25) is 0 Å². The van der Waals surface area contributed by atoms with E-state index in [9.17, 15) is 4.79 Å². The predicted octanol–water partition coefficient (Wildman–Crippen LogP) is 2.69. The first-order valence-electron chi connectivity index (χ1n) is 9.39. The second-order valence-corrected chi connectivity index (χ2v) is 8.29. The molecule has 0 aromatic carbocycles. The van der Waals surface area contributed by atoms with Gasteiger partial charge in [0.15, 0.2) is 18.2 Å². The van der Waals surface area contributed by atoms with E-state index in [1.807, 2.05) is 6.92 Å². The fourth-order valence-electron chi connectivity index (χ4n) is 5.32. The van der Waals surface area contributed by atoms with Crippen molar-refractivity contribution in [2.75, 3.05) is 6.61 Å². The Balaban J connectivity index is 1.62. The number of carbonyl (C=O) groups is 1. The first-order valence-corrected chi connectivity index (χ1v) is 9.39. The number of hydrogen-bond donors (Lipinski definition) is 1. The molecule has 0 aromatic rings. The third kappa shape index (κ3) is 2.72. The van der Waals surface area contributed by atoms with E-state index in [4.69, 9.17) is 29.1 Å². The maximum Gasteiger partial charge on any atom is 0.305 e. The van der Waals surface area contributed by atoms with E-state index < -0.39 is 29.9 Å². The molecule has 4 aliphatic heterocycles. The monoisotopic (exact) mass is 356 g/mol. The first-order chi connectivity index (χ1) is 11.9. The Morgan fingerprint density at radius 3 is 2.76 bits per heavy atom. The van der Waals surface area contributed by atoms with Gasteiger partial charge in [-0.05, 0) is 38.0 Å². The lowest BCUT2D eigenvalue weighted by atomic mass is 9.58. The van der Waals surface area contributed by atoms with Gasteiger partial charge in [0, 0.05) is 18.3 Å². The van der Waals surface area contributed by atoms with Crippen LogP contribution in [0.5, 0.6) is 0 Å². The van der Waals surface area contributed by atoms with Gasteiger partial charge in [-0.25, -0.2) is 9.78 Å². The van der Waals surface area contributed by atoms with Crippen LogP contribution in [0.15, 0.2) is 0 Å². The number of rotatable bonds is 4. The lowest BCUT2D eigenvalue weighted by molar-refractivity contribution is -0.577. The standard InChI is InChI=1S/C18H28O7/c1-10-4-5-13-11(2)15(21-9-7-14(19)20)22-16-18(13)12(10)6-8-17(3,23-16)24-25-18/h10-13,15-16H,4-9H2,1-3H3,(H,19,20)/t10-,11-,12+,13+,15+,16-,17-,18-/m1/s1. The van der Waals surface area contributed by atoms with E-state index in [2.05, 4.69) is 13.8 Å². The molecule has 0 radical (unpaired) electrons. The van der Waals surface area contributed by atoms with Crippen LogP contribution >= 0.6 is 0 Å². The number of hydrogen-bond acceptors (Lipinski definition) is 6. The van der Waals surface area contributed by atoms with E-state index >= 15 is 0 Å². The van der Waals surface area contributed by atoms with Crippen LogP contribution in [0.4, 0.5) is 0 Å². The van der Waals surface area contributed by atoms with Crippen molar-refractivity contribution in [1.29, 1.82) is 0 Å². The average Bonchev–Trinajstić information content (AvgIpc) is 2.78. The van der Waals surface area contributed by atoms with Gasteiger partial charge in [0.1, 0.15) is 0 Å². The highest BCUT2D eigenvalue weighted by atomic mass is 17.3. The van der Waals surface area contributed by atoms with Crippen LogP contribution < -0.4 is 0 Å². The second kappa shape index (κ2) is 6.16. The van der Waals surface area contributed by atoms with Gasteiger partial charge in [-0.2, -0.15) is 0 Å². The molecule has 1 saturated carbocycles. The van der Waals surface area contributed by atoms with Gasteiger partial charge in [-0.15, -0.1) is 0 Å². The van der Waals surface area contributed by atoms with Crippen molar-refractivity contribution in [1.82, 2.24) is 0 Å². The molecule has 7 heteroatoms. The summed E-state index contributed by atoms with van der Waals surface area (Å²) in [6.07, 6.45) is 2.83. The number of ether oxygens (including phenoxy) is 3. The third-order valence-corrected chi connectivity index (χ3v) is 6.70. The molecule has 4 saturated heterocycles. The van der Waals surface area contributed by atoms with Gasteiger partial charge in [0.25, 0.3) is 0 Å². The Morgan fingerprint density at radius 2 is 2.00 bits per heavy atom. The van der Waals surface area contributed by atoms with Gasteiger partial charge in [-0.1, -0.05) is 13.8 Å². The quantitative estimate of drug-likeness (QED) is 0.775. The maximum absolute atomic E-state index is 10.8. The van der Waals surface area contributed by atoms with Gasteiger partial charge < -0.3 is 19.3 Å². The fourth-order valence-corrected chi connectivity index (χ4v) is 5.32. The van der Waals surface area contributed by atoms with Crippen molar-refractivity contribution in [2.24, 2.45) is 23.7 Å². The molecule has 25 heavy (non-hydrogen) atoms. The molecular formula is C18H28O7. The number of fused-ring (bicyclic) bond motifs is 2. The van der Waals surface area contributed by atoms with E-state index in [0.29, 0.717) is 11.8 Å². The molecule has 2 bridgehead atoms. The number of carboxylic acid groups (broad SMARTS) is 1. The van der Waals surface area contributed by atoms with Crippen molar-refractivity contribution in [3.05, 3.63) is 0 Å². The van der Waals surface area contributed by atoms with Crippen LogP contribution in [0.25, 0.3) is 0 Å². The molecule has 142 valence electrons. The molecule has 4 heterocycles. The van der Waals surface area contributed by atoms with E-state index in [0.717, 1.165) is 25.7 Å². The summed E-state index contributed by atoms with van der Waals surface area (Å²) < 4.78 is 18.2. The Morgan fingerprint density at radius 1 is 1.20 bits per heavy atom. The molecule has 1 spiro atoms. The smallest absolute Gasteiger partial charge is 0.305 e. The zero-order chi connectivity index (χ0) is 17.8. The lowest BCUT2D eigenvalue weighted by Gasteiger charge is -2.60. The van der Waals surface area contributed by atoms with Crippen molar-refractivity contribution in [2.45, 2.75) is 76.8 Å².